The SMILES string of the molecule is C/C(=C\c1cc2ccccc2nc1Cl)C(=O)O. The number of fused-ring (bicyclic) bond motifs is 1. The molecule has 0 aliphatic rings. The van der Waals surface area contributed by atoms with Crippen molar-refractivity contribution in [3.05, 3.63) is 46.6 Å². The van der Waals surface area contributed by atoms with Gasteiger partial charge in [-0.1, -0.05) is 29.8 Å². The van der Waals surface area contributed by atoms with Crippen molar-refractivity contribution in [3.63, 3.8) is 0 Å². The van der Waals surface area contributed by atoms with Crippen molar-refractivity contribution in [2.75, 3.05) is 0 Å². The second kappa shape index (κ2) is 4.55. The van der Waals surface area contributed by atoms with E-state index < -0.39 is 5.97 Å². The van der Waals surface area contributed by atoms with Crippen LogP contribution in [0.3, 0.4) is 0 Å². The second-order valence-electron chi connectivity index (χ2n) is 3.69. The lowest BCUT2D eigenvalue weighted by molar-refractivity contribution is -0.132. The summed E-state index contributed by atoms with van der Waals surface area (Å²) in [6.45, 7) is 1.52. The van der Waals surface area contributed by atoms with Crippen LogP contribution in [0.5, 0.6) is 0 Å². The number of carboxylic acid groups (broad SMARTS) is 1. The molecule has 2 rings (SSSR count). The highest BCUT2D eigenvalue weighted by molar-refractivity contribution is 6.31. The molecule has 0 saturated heterocycles. The Morgan fingerprint density at radius 1 is 1.41 bits per heavy atom. The third-order valence-corrected chi connectivity index (χ3v) is 2.72. The first-order valence-corrected chi connectivity index (χ1v) is 5.42. The minimum absolute atomic E-state index is 0.226. The van der Waals surface area contributed by atoms with Crippen molar-refractivity contribution in [3.8, 4) is 0 Å². The fourth-order valence-electron chi connectivity index (χ4n) is 1.50. The first-order valence-electron chi connectivity index (χ1n) is 5.05. The second-order valence-corrected chi connectivity index (χ2v) is 4.05. The summed E-state index contributed by atoms with van der Waals surface area (Å²) < 4.78 is 0. The van der Waals surface area contributed by atoms with Crippen LogP contribution >= 0.6 is 11.6 Å². The zero-order valence-corrected chi connectivity index (χ0v) is 9.90. The number of nitrogens with zero attached hydrogens (tertiary/aromatic N) is 1. The molecule has 86 valence electrons. The maximum atomic E-state index is 10.7. The highest BCUT2D eigenvalue weighted by Crippen LogP contribution is 2.22. The zero-order valence-electron chi connectivity index (χ0n) is 9.14. The van der Waals surface area contributed by atoms with Gasteiger partial charge in [-0.3, -0.25) is 0 Å². The fraction of sp³-hybridized carbons (Fsp3) is 0.0769. The van der Waals surface area contributed by atoms with Crippen molar-refractivity contribution >= 4 is 34.5 Å². The summed E-state index contributed by atoms with van der Waals surface area (Å²) in [5, 5.41) is 10.1. The Morgan fingerprint density at radius 3 is 2.82 bits per heavy atom. The van der Waals surface area contributed by atoms with Crippen molar-refractivity contribution in [2.45, 2.75) is 6.92 Å². The predicted molar refractivity (Wildman–Crippen MR) is 68.0 cm³/mol. The highest BCUT2D eigenvalue weighted by Gasteiger charge is 2.05. The van der Waals surface area contributed by atoms with Gasteiger partial charge in [0.15, 0.2) is 0 Å². The van der Waals surface area contributed by atoms with Crippen LogP contribution in [0.2, 0.25) is 5.15 Å². The molecule has 0 fully saturated rings. The molecule has 1 aromatic carbocycles. The normalized spacial score (nSPS) is 11.8. The van der Waals surface area contributed by atoms with Crippen molar-refractivity contribution in [1.82, 2.24) is 4.98 Å². The van der Waals surface area contributed by atoms with E-state index >= 15 is 0 Å². The van der Waals surface area contributed by atoms with Gasteiger partial charge in [0, 0.05) is 16.5 Å². The maximum Gasteiger partial charge on any atom is 0.331 e. The average molecular weight is 248 g/mol. The Balaban J connectivity index is 2.59. The quantitative estimate of drug-likeness (QED) is 0.654. The van der Waals surface area contributed by atoms with Gasteiger partial charge in [-0.2, -0.15) is 0 Å². The molecule has 0 bridgehead atoms. The number of halogens is 1. The molecule has 4 heteroatoms. The lowest BCUT2D eigenvalue weighted by Gasteiger charge is -2.02. The number of aliphatic carboxylic acids is 1. The van der Waals surface area contributed by atoms with Crippen LogP contribution in [-0.2, 0) is 4.79 Å². The molecule has 0 atom stereocenters. The minimum Gasteiger partial charge on any atom is -0.478 e. The number of hydrogen-bond acceptors (Lipinski definition) is 2. The molecule has 17 heavy (non-hydrogen) atoms. The summed E-state index contributed by atoms with van der Waals surface area (Å²) in [5.41, 5.74) is 1.64. The number of carboxylic acids is 1. The van der Waals surface area contributed by atoms with E-state index in [4.69, 9.17) is 16.7 Å². The highest BCUT2D eigenvalue weighted by atomic mass is 35.5. The maximum absolute atomic E-state index is 10.7. The van der Waals surface area contributed by atoms with Crippen LogP contribution in [0.1, 0.15) is 12.5 Å². The Labute approximate surface area is 103 Å². The molecule has 0 aliphatic carbocycles. The third-order valence-electron chi connectivity index (χ3n) is 2.41. The van der Waals surface area contributed by atoms with Gasteiger partial charge in [0.2, 0.25) is 0 Å². The van der Waals surface area contributed by atoms with Crippen molar-refractivity contribution < 1.29 is 9.90 Å². The number of aromatic nitrogens is 1. The molecule has 1 N–H and O–H groups in total. The molecular weight excluding hydrogens is 238 g/mol. The fourth-order valence-corrected chi connectivity index (χ4v) is 1.71. The van der Waals surface area contributed by atoms with Crippen LogP contribution in [0.4, 0.5) is 0 Å². The number of carbonyl (C=O) groups is 1. The van der Waals surface area contributed by atoms with Gasteiger partial charge in [-0.15, -0.1) is 0 Å². The number of para-hydroxylation sites is 1. The Kier molecular flexibility index (Phi) is 3.11. The molecule has 0 unspecified atom stereocenters. The molecule has 0 radical (unpaired) electrons. The molecular formula is C13H10ClNO2. The number of hydrogen-bond donors (Lipinski definition) is 1. The summed E-state index contributed by atoms with van der Waals surface area (Å²) in [4.78, 5) is 15.0. The molecule has 0 aliphatic heterocycles. The van der Waals surface area contributed by atoms with E-state index in [2.05, 4.69) is 4.98 Å². The monoisotopic (exact) mass is 247 g/mol. The van der Waals surface area contributed by atoms with E-state index in [9.17, 15) is 4.79 Å². The van der Waals surface area contributed by atoms with Gasteiger partial charge < -0.3 is 5.11 Å². The molecule has 0 amide bonds. The zero-order chi connectivity index (χ0) is 12.4. The smallest absolute Gasteiger partial charge is 0.331 e. The summed E-state index contributed by atoms with van der Waals surface area (Å²) in [5.74, 6) is -0.964. The van der Waals surface area contributed by atoms with Gasteiger partial charge in [0.05, 0.1) is 5.52 Å². The van der Waals surface area contributed by atoms with E-state index in [0.717, 1.165) is 10.9 Å². The van der Waals surface area contributed by atoms with Crippen LogP contribution in [0.15, 0.2) is 35.9 Å². The number of rotatable bonds is 2. The molecule has 0 spiro atoms. The Hall–Kier alpha value is -1.87. The Bertz CT molecular complexity index is 620. The van der Waals surface area contributed by atoms with Crippen LogP contribution in [0.25, 0.3) is 17.0 Å². The predicted octanol–water partition coefficient (Wildman–Crippen LogP) is 3.38. The standard InChI is InChI=1S/C13H10ClNO2/c1-8(13(16)17)6-10-7-9-4-2-3-5-11(9)15-12(10)14/h2-7H,1H3,(H,16,17)/b8-6+. The average Bonchev–Trinajstić information content (AvgIpc) is 2.29. The molecule has 3 nitrogen and oxygen atoms in total. The van der Waals surface area contributed by atoms with Gasteiger partial charge in [-0.05, 0) is 25.1 Å². The van der Waals surface area contributed by atoms with Crippen LogP contribution in [0, 0.1) is 0 Å². The minimum atomic E-state index is -0.964. The lowest BCUT2D eigenvalue weighted by atomic mass is 10.1. The first-order chi connectivity index (χ1) is 8.08. The lowest BCUT2D eigenvalue weighted by Crippen LogP contribution is -1.96. The first kappa shape index (κ1) is 11.6. The van der Waals surface area contributed by atoms with Gasteiger partial charge in [0.25, 0.3) is 0 Å². The van der Waals surface area contributed by atoms with E-state index in [1.54, 1.807) is 0 Å². The van der Waals surface area contributed by atoms with Gasteiger partial charge >= 0.3 is 5.97 Å². The molecule has 2 aromatic rings. The van der Waals surface area contributed by atoms with Crippen LogP contribution in [-0.4, -0.2) is 16.1 Å². The summed E-state index contributed by atoms with van der Waals surface area (Å²) in [7, 11) is 0. The van der Waals surface area contributed by atoms with Crippen LogP contribution < -0.4 is 0 Å². The van der Waals surface area contributed by atoms with E-state index in [1.807, 2.05) is 30.3 Å². The summed E-state index contributed by atoms with van der Waals surface area (Å²) >= 11 is 6.00. The third kappa shape index (κ3) is 2.45. The number of benzene rings is 1. The topological polar surface area (TPSA) is 50.2 Å². The summed E-state index contributed by atoms with van der Waals surface area (Å²) in [6, 6.07) is 9.38. The Morgan fingerprint density at radius 2 is 2.12 bits per heavy atom. The van der Waals surface area contributed by atoms with Gasteiger partial charge in [0.1, 0.15) is 5.15 Å². The van der Waals surface area contributed by atoms with E-state index in [-0.39, 0.29) is 5.57 Å². The summed E-state index contributed by atoms with van der Waals surface area (Å²) in [6.07, 6.45) is 1.52. The largest absolute Gasteiger partial charge is 0.478 e. The molecule has 1 aromatic heterocycles. The molecule has 1 heterocycles. The van der Waals surface area contributed by atoms with E-state index in [1.165, 1.54) is 13.0 Å². The van der Waals surface area contributed by atoms with Crippen molar-refractivity contribution in [1.29, 1.82) is 0 Å². The van der Waals surface area contributed by atoms with Crippen molar-refractivity contribution in [2.24, 2.45) is 0 Å². The van der Waals surface area contributed by atoms with E-state index in [0.29, 0.717) is 10.7 Å². The van der Waals surface area contributed by atoms with Gasteiger partial charge in [-0.25, -0.2) is 9.78 Å². The number of pyridine rings is 1. The molecule has 0 saturated carbocycles.